The first-order valence-electron chi connectivity index (χ1n) is 2.86. The standard InChI is InChI=1S/C7H2Cl2F2O/c8-4-1-5(10)7(11)3(2-12)6(4)9/h1-2H. The zero-order chi connectivity index (χ0) is 9.30. The van der Waals surface area contributed by atoms with E-state index in [1.54, 1.807) is 0 Å². The maximum Gasteiger partial charge on any atom is 0.170 e. The Hall–Kier alpha value is -0.670. The Labute approximate surface area is 76.9 Å². The highest BCUT2D eigenvalue weighted by atomic mass is 35.5. The summed E-state index contributed by atoms with van der Waals surface area (Å²) in [5.41, 5.74) is -0.554. The summed E-state index contributed by atoms with van der Waals surface area (Å²) in [5, 5.41) is -0.455. The van der Waals surface area contributed by atoms with Crippen molar-refractivity contribution >= 4 is 29.5 Å². The van der Waals surface area contributed by atoms with Gasteiger partial charge in [-0.15, -0.1) is 0 Å². The Bertz CT molecular complexity index is 312. The molecular formula is C7H2Cl2F2O. The molecule has 0 unspecified atom stereocenters. The molecule has 0 saturated heterocycles. The molecule has 1 rings (SSSR count). The van der Waals surface area contributed by atoms with Gasteiger partial charge in [-0.1, -0.05) is 23.2 Å². The topological polar surface area (TPSA) is 17.1 Å². The lowest BCUT2D eigenvalue weighted by Gasteiger charge is -2.01. The third-order valence-corrected chi connectivity index (χ3v) is 2.07. The van der Waals surface area contributed by atoms with Crippen molar-refractivity contribution in [3.05, 3.63) is 33.3 Å². The first-order chi connectivity index (χ1) is 5.57. The number of hydrogen-bond acceptors (Lipinski definition) is 1. The molecule has 0 radical (unpaired) electrons. The minimum Gasteiger partial charge on any atom is -0.298 e. The Kier molecular flexibility index (Phi) is 2.65. The van der Waals surface area contributed by atoms with Crippen molar-refractivity contribution in [1.82, 2.24) is 0 Å². The molecule has 1 aromatic rings. The van der Waals surface area contributed by atoms with Crippen LogP contribution in [0, 0.1) is 11.6 Å². The van der Waals surface area contributed by atoms with Gasteiger partial charge < -0.3 is 0 Å². The molecule has 5 heteroatoms. The number of benzene rings is 1. The summed E-state index contributed by atoms with van der Waals surface area (Å²) in [5.74, 6) is -2.47. The maximum absolute atomic E-state index is 12.7. The van der Waals surface area contributed by atoms with Crippen LogP contribution in [0.1, 0.15) is 10.4 Å². The molecule has 64 valence electrons. The van der Waals surface area contributed by atoms with Gasteiger partial charge in [-0.25, -0.2) is 8.78 Å². The van der Waals surface area contributed by atoms with Gasteiger partial charge in [-0.3, -0.25) is 4.79 Å². The summed E-state index contributed by atoms with van der Waals surface area (Å²) >= 11 is 10.8. The third-order valence-electron chi connectivity index (χ3n) is 1.26. The molecule has 0 amide bonds. The SMILES string of the molecule is O=Cc1c(F)c(F)cc(Cl)c1Cl. The lowest BCUT2D eigenvalue weighted by atomic mass is 10.2. The number of hydrogen-bond donors (Lipinski definition) is 0. The van der Waals surface area contributed by atoms with E-state index in [2.05, 4.69) is 0 Å². The van der Waals surface area contributed by atoms with E-state index in [-0.39, 0.29) is 16.3 Å². The Morgan fingerprint density at radius 1 is 1.33 bits per heavy atom. The van der Waals surface area contributed by atoms with E-state index in [0.29, 0.717) is 6.07 Å². The molecule has 0 bridgehead atoms. The summed E-state index contributed by atoms with van der Waals surface area (Å²) < 4.78 is 25.2. The smallest absolute Gasteiger partial charge is 0.170 e. The third kappa shape index (κ3) is 1.42. The average molecular weight is 211 g/mol. The van der Waals surface area contributed by atoms with Gasteiger partial charge in [0.2, 0.25) is 0 Å². The summed E-state index contributed by atoms with van der Waals surface area (Å²) in [6, 6.07) is 0.715. The van der Waals surface area contributed by atoms with Crippen molar-refractivity contribution in [3.63, 3.8) is 0 Å². The van der Waals surface area contributed by atoms with Crippen LogP contribution in [0.2, 0.25) is 10.0 Å². The van der Waals surface area contributed by atoms with Crippen LogP contribution < -0.4 is 0 Å². The predicted molar refractivity (Wildman–Crippen MR) is 41.8 cm³/mol. The minimum absolute atomic E-state index is 0.118. The van der Waals surface area contributed by atoms with Gasteiger partial charge in [0.05, 0.1) is 15.6 Å². The fraction of sp³-hybridized carbons (Fsp3) is 0. The van der Waals surface area contributed by atoms with Crippen molar-refractivity contribution < 1.29 is 13.6 Å². The molecule has 0 aliphatic carbocycles. The van der Waals surface area contributed by atoms with Crippen LogP contribution in [0.3, 0.4) is 0 Å². The first-order valence-corrected chi connectivity index (χ1v) is 3.61. The molecule has 0 N–H and O–H groups in total. The van der Waals surface area contributed by atoms with Gasteiger partial charge in [-0.2, -0.15) is 0 Å². The normalized spacial score (nSPS) is 10.0. The molecule has 0 spiro atoms. The lowest BCUT2D eigenvalue weighted by molar-refractivity contribution is 0.111. The van der Waals surface area contributed by atoms with Crippen molar-refractivity contribution in [1.29, 1.82) is 0 Å². The highest BCUT2D eigenvalue weighted by molar-refractivity contribution is 6.43. The fourth-order valence-corrected chi connectivity index (χ4v) is 1.07. The van der Waals surface area contributed by atoms with Crippen LogP contribution in [0.25, 0.3) is 0 Å². The van der Waals surface area contributed by atoms with E-state index >= 15 is 0 Å². The van der Waals surface area contributed by atoms with Crippen LogP contribution in [0.15, 0.2) is 6.07 Å². The maximum atomic E-state index is 12.7. The van der Waals surface area contributed by atoms with Crippen LogP contribution in [-0.4, -0.2) is 6.29 Å². The molecule has 12 heavy (non-hydrogen) atoms. The Morgan fingerprint density at radius 3 is 2.42 bits per heavy atom. The number of aldehydes is 1. The molecule has 0 aliphatic rings. The first kappa shape index (κ1) is 9.42. The van der Waals surface area contributed by atoms with Crippen molar-refractivity contribution in [2.75, 3.05) is 0 Å². The molecular weight excluding hydrogens is 209 g/mol. The van der Waals surface area contributed by atoms with Gasteiger partial charge in [0, 0.05) is 0 Å². The molecule has 1 aromatic carbocycles. The number of carbonyl (C=O) groups is 1. The van der Waals surface area contributed by atoms with Crippen molar-refractivity contribution in [2.24, 2.45) is 0 Å². The van der Waals surface area contributed by atoms with E-state index in [1.807, 2.05) is 0 Å². The molecule has 0 atom stereocenters. The zero-order valence-electron chi connectivity index (χ0n) is 5.57. The predicted octanol–water partition coefficient (Wildman–Crippen LogP) is 3.08. The lowest BCUT2D eigenvalue weighted by Crippen LogP contribution is -1.94. The van der Waals surface area contributed by atoms with E-state index in [1.165, 1.54) is 0 Å². The van der Waals surface area contributed by atoms with E-state index in [4.69, 9.17) is 23.2 Å². The Balaban J connectivity index is 3.52. The minimum atomic E-state index is -1.28. The van der Waals surface area contributed by atoms with E-state index < -0.39 is 17.2 Å². The van der Waals surface area contributed by atoms with Gasteiger partial charge >= 0.3 is 0 Å². The van der Waals surface area contributed by atoms with Crippen LogP contribution in [0.5, 0.6) is 0 Å². The molecule has 0 aliphatic heterocycles. The summed E-state index contributed by atoms with van der Waals surface area (Å²) in [4.78, 5) is 10.2. The molecule has 0 aromatic heterocycles. The average Bonchev–Trinajstić information content (AvgIpc) is 2.02. The summed E-state index contributed by atoms with van der Waals surface area (Å²) in [7, 11) is 0. The Morgan fingerprint density at radius 2 is 1.92 bits per heavy atom. The van der Waals surface area contributed by atoms with Crippen LogP contribution >= 0.6 is 23.2 Å². The van der Waals surface area contributed by atoms with Crippen LogP contribution in [0.4, 0.5) is 8.78 Å². The van der Waals surface area contributed by atoms with E-state index in [0.717, 1.165) is 0 Å². The highest BCUT2D eigenvalue weighted by Crippen LogP contribution is 2.28. The highest BCUT2D eigenvalue weighted by Gasteiger charge is 2.15. The number of halogens is 4. The van der Waals surface area contributed by atoms with Gasteiger partial charge in [0.15, 0.2) is 17.9 Å². The quantitative estimate of drug-likeness (QED) is 0.515. The summed E-state index contributed by atoms with van der Waals surface area (Å²) in [6.07, 6.45) is 0.118. The zero-order valence-corrected chi connectivity index (χ0v) is 7.09. The van der Waals surface area contributed by atoms with Crippen LogP contribution in [-0.2, 0) is 0 Å². The van der Waals surface area contributed by atoms with Gasteiger partial charge in [-0.05, 0) is 6.07 Å². The summed E-state index contributed by atoms with van der Waals surface area (Å²) in [6.45, 7) is 0. The second kappa shape index (κ2) is 3.37. The van der Waals surface area contributed by atoms with E-state index in [9.17, 15) is 13.6 Å². The molecule has 0 heterocycles. The largest absolute Gasteiger partial charge is 0.298 e. The van der Waals surface area contributed by atoms with Gasteiger partial charge in [0.25, 0.3) is 0 Å². The van der Waals surface area contributed by atoms with Gasteiger partial charge in [0.1, 0.15) is 0 Å². The number of carbonyl (C=O) groups excluding carboxylic acids is 1. The molecule has 0 saturated carbocycles. The molecule has 0 fully saturated rings. The fourth-order valence-electron chi connectivity index (χ4n) is 0.695. The second-order valence-electron chi connectivity index (χ2n) is 2.00. The molecule has 1 nitrogen and oxygen atoms in total. The second-order valence-corrected chi connectivity index (χ2v) is 2.78. The van der Waals surface area contributed by atoms with Crippen molar-refractivity contribution in [2.45, 2.75) is 0 Å². The number of rotatable bonds is 1. The van der Waals surface area contributed by atoms with Crippen molar-refractivity contribution in [3.8, 4) is 0 Å². The monoisotopic (exact) mass is 210 g/mol.